The molecule has 1 amide bonds. The number of carbonyl (C=O) groups excluding carboxylic acids is 1. The smallest absolute Gasteiger partial charge is 0.253 e. The Balaban J connectivity index is 1.46. The van der Waals surface area contributed by atoms with Gasteiger partial charge in [0.15, 0.2) is 0 Å². The number of likely N-dealkylation sites (tertiary alicyclic amines) is 1. The quantitative estimate of drug-likeness (QED) is 0.857. The molecule has 5 heteroatoms. The minimum atomic E-state index is 0.166. The second-order valence-electron chi connectivity index (χ2n) is 6.73. The van der Waals surface area contributed by atoms with E-state index in [0.29, 0.717) is 0 Å². The van der Waals surface area contributed by atoms with E-state index in [2.05, 4.69) is 15.0 Å². The van der Waals surface area contributed by atoms with Crippen LogP contribution in [0.1, 0.15) is 42.5 Å². The molecule has 2 fully saturated rings. The van der Waals surface area contributed by atoms with Crippen molar-refractivity contribution in [2.24, 2.45) is 11.8 Å². The Hall–Kier alpha value is -2.17. The zero-order chi connectivity index (χ0) is 15.6. The van der Waals surface area contributed by atoms with Gasteiger partial charge in [0.2, 0.25) is 0 Å². The summed E-state index contributed by atoms with van der Waals surface area (Å²) < 4.78 is 1.70. The average molecular weight is 310 g/mol. The maximum Gasteiger partial charge on any atom is 0.253 e. The van der Waals surface area contributed by atoms with Crippen molar-refractivity contribution in [3.8, 4) is 5.69 Å². The SMILES string of the molecule is O=C(c1ccc(-n2cncn2)cc1)N1CC[C@@H]2CCCC[C@@H]2C1. The van der Waals surface area contributed by atoms with Crippen molar-refractivity contribution in [2.45, 2.75) is 32.1 Å². The van der Waals surface area contributed by atoms with Crippen molar-refractivity contribution in [3.63, 3.8) is 0 Å². The third kappa shape index (κ3) is 2.87. The lowest BCUT2D eigenvalue weighted by atomic mass is 9.75. The topological polar surface area (TPSA) is 51.0 Å². The van der Waals surface area contributed by atoms with Gasteiger partial charge in [-0.05, 0) is 48.9 Å². The molecule has 23 heavy (non-hydrogen) atoms. The minimum Gasteiger partial charge on any atom is -0.338 e. The number of hydrogen-bond acceptors (Lipinski definition) is 3. The van der Waals surface area contributed by atoms with Gasteiger partial charge >= 0.3 is 0 Å². The number of nitrogens with zero attached hydrogens (tertiary/aromatic N) is 4. The summed E-state index contributed by atoms with van der Waals surface area (Å²) in [6.45, 7) is 1.85. The van der Waals surface area contributed by atoms with Gasteiger partial charge in [-0.15, -0.1) is 0 Å². The molecule has 0 N–H and O–H groups in total. The molecule has 1 saturated carbocycles. The molecule has 0 bridgehead atoms. The van der Waals surface area contributed by atoms with E-state index in [9.17, 15) is 4.79 Å². The van der Waals surface area contributed by atoms with Crippen LogP contribution in [-0.4, -0.2) is 38.7 Å². The molecule has 5 nitrogen and oxygen atoms in total. The van der Waals surface area contributed by atoms with Crippen LogP contribution >= 0.6 is 0 Å². The largest absolute Gasteiger partial charge is 0.338 e. The Labute approximate surface area is 136 Å². The van der Waals surface area contributed by atoms with Crippen LogP contribution in [0.25, 0.3) is 5.69 Å². The van der Waals surface area contributed by atoms with Crippen molar-refractivity contribution in [1.82, 2.24) is 19.7 Å². The zero-order valence-electron chi connectivity index (χ0n) is 13.3. The number of amides is 1. The molecule has 4 rings (SSSR count). The Bertz CT molecular complexity index is 665. The molecule has 0 radical (unpaired) electrons. The maximum absolute atomic E-state index is 12.8. The third-order valence-electron chi connectivity index (χ3n) is 5.38. The van der Waals surface area contributed by atoms with Gasteiger partial charge in [0, 0.05) is 18.7 Å². The first-order valence-electron chi connectivity index (χ1n) is 8.55. The molecule has 2 atom stereocenters. The van der Waals surface area contributed by atoms with E-state index in [0.717, 1.165) is 36.2 Å². The second-order valence-corrected chi connectivity index (χ2v) is 6.73. The number of hydrogen-bond donors (Lipinski definition) is 0. The summed E-state index contributed by atoms with van der Waals surface area (Å²) in [7, 11) is 0. The van der Waals surface area contributed by atoms with Crippen LogP contribution in [-0.2, 0) is 0 Å². The number of rotatable bonds is 2. The average Bonchev–Trinajstić information content (AvgIpc) is 3.15. The van der Waals surface area contributed by atoms with Crippen LogP contribution in [0.5, 0.6) is 0 Å². The number of carbonyl (C=O) groups is 1. The third-order valence-corrected chi connectivity index (χ3v) is 5.38. The highest BCUT2D eigenvalue weighted by molar-refractivity contribution is 5.94. The summed E-state index contributed by atoms with van der Waals surface area (Å²) in [5.74, 6) is 1.73. The van der Waals surface area contributed by atoms with E-state index in [4.69, 9.17) is 0 Å². The van der Waals surface area contributed by atoms with Crippen molar-refractivity contribution >= 4 is 5.91 Å². The standard InChI is InChI=1S/C18H22N4O/c23-18(21-10-9-14-3-1-2-4-16(14)11-21)15-5-7-17(8-6-15)22-13-19-12-20-22/h5-8,12-14,16H,1-4,9-11H2/t14-,16+/m0/s1. The van der Waals surface area contributed by atoms with Crippen LogP contribution in [0.15, 0.2) is 36.9 Å². The predicted molar refractivity (Wildman–Crippen MR) is 87.3 cm³/mol. The molecule has 1 aromatic carbocycles. The molecule has 0 spiro atoms. The highest BCUT2D eigenvalue weighted by Gasteiger charge is 2.33. The minimum absolute atomic E-state index is 0.166. The van der Waals surface area contributed by atoms with Gasteiger partial charge in [0.05, 0.1) is 5.69 Å². The lowest BCUT2D eigenvalue weighted by Crippen LogP contribution is -2.44. The fourth-order valence-electron chi connectivity index (χ4n) is 4.07. The van der Waals surface area contributed by atoms with Crippen LogP contribution in [0, 0.1) is 11.8 Å². The summed E-state index contributed by atoms with van der Waals surface area (Å²) >= 11 is 0. The molecule has 1 saturated heterocycles. The molecule has 1 aliphatic carbocycles. The van der Waals surface area contributed by atoms with E-state index < -0.39 is 0 Å². The molecular formula is C18H22N4O. The summed E-state index contributed by atoms with van der Waals surface area (Å²) in [4.78, 5) is 18.8. The van der Waals surface area contributed by atoms with Gasteiger partial charge < -0.3 is 4.90 Å². The van der Waals surface area contributed by atoms with Gasteiger partial charge in [0.25, 0.3) is 5.91 Å². The first-order valence-corrected chi connectivity index (χ1v) is 8.55. The first kappa shape index (κ1) is 14.4. The molecule has 2 aliphatic rings. The van der Waals surface area contributed by atoms with Crippen molar-refractivity contribution in [3.05, 3.63) is 42.5 Å². The Morgan fingerprint density at radius 1 is 1.04 bits per heavy atom. The second kappa shape index (κ2) is 6.14. The molecule has 1 aromatic heterocycles. The molecular weight excluding hydrogens is 288 g/mol. The number of aromatic nitrogens is 3. The van der Waals surface area contributed by atoms with Crippen molar-refractivity contribution in [2.75, 3.05) is 13.1 Å². The highest BCUT2D eigenvalue weighted by atomic mass is 16.2. The lowest BCUT2D eigenvalue weighted by molar-refractivity contribution is 0.0521. The monoisotopic (exact) mass is 310 g/mol. The van der Waals surface area contributed by atoms with Crippen LogP contribution in [0.3, 0.4) is 0 Å². The van der Waals surface area contributed by atoms with Gasteiger partial charge in [-0.1, -0.05) is 19.3 Å². The lowest BCUT2D eigenvalue weighted by Gasteiger charge is -2.41. The summed E-state index contributed by atoms with van der Waals surface area (Å²) in [5, 5.41) is 4.11. The van der Waals surface area contributed by atoms with Crippen molar-refractivity contribution in [1.29, 1.82) is 0 Å². The fraction of sp³-hybridized carbons (Fsp3) is 0.500. The number of benzene rings is 1. The van der Waals surface area contributed by atoms with Gasteiger partial charge in [-0.3, -0.25) is 4.79 Å². The summed E-state index contributed by atoms with van der Waals surface area (Å²) in [6, 6.07) is 7.64. The first-order chi connectivity index (χ1) is 11.3. The van der Waals surface area contributed by atoms with E-state index in [1.54, 1.807) is 11.0 Å². The molecule has 1 aliphatic heterocycles. The maximum atomic E-state index is 12.8. The Morgan fingerprint density at radius 2 is 1.83 bits per heavy atom. The van der Waals surface area contributed by atoms with Crippen LogP contribution in [0.4, 0.5) is 0 Å². The van der Waals surface area contributed by atoms with Gasteiger partial charge in [0.1, 0.15) is 12.7 Å². The van der Waals surface area contributed by atoms with E-state index in [-0.39, 0.29) is 5.91 Å². The van der Waals surface area contributed by atoms with Gasteiger partial charge in [-0.25, -0.2) is 9.67 Å². The molecule has 2 aromatic rings. The molecule has 2 heterocycles. The van der Waals surface area contributed by atoms with E-state index in [1.165, 1.54) is 38.4 Å². The number of fused-ring (bicyclic) bond motifs is 1. The predicted octanol–water partition coefficient (Wildman–Crippen LogP) is 2.92. The summed E-state index contributed by atoms with van der Waals surface area (Å²) in [6.07, 6.45) is 9.69. The van der Waals surface area contributed by atoms with E-state index >= 15 is 0 Å². The highest BCUT2D eigenvalue weighted by Crippen LogP contribution is 2.36. The normalized spacial score (nSPS) is 24.3. The zero-order valence-corrected chi connectivity index (χ0v) is 13.3. The van der Waals surface area contributed by atoms with Gasteiger partial charge in [-0.2, -0.15) is 5.10 Å². The van der Waals surface area contributed by atoms with E-state index in [1.807, 2.05) is 24.3 Å². The molecule has 120 valence electrons. The Morgan fingerprint density at radius 3 is 2.57 bits per heavy atom. The van der Waals surface area contributed by atoms with Crippen LogP contribution < -0.4 is 0 Å². The fourth-order valence-corrected chi connectivity index (χ4v) is 4.07. The number of piperidine rings is 1. The Kier molecular flexibility index (Phi) is 3.85. The van der Waals surface area contributed by atoms with Crippen molar-refractivity contribution < 1.29 is 4.79 Å². The molecule has 0 unspecified atom stereocenters. The summed E-state index contributed by atoms with van der Waals surface area (Å²) in [5.41, 5.74) is 1.69. The van der Waals surface area contributed by atoms with Crippen LogP contribution in [0.2, 0.25) is 0 Å².